The van der Waals surface area contributed by atoms with Crippen LogP contribution in [0.5, 0.6) is 0 Å². The molecule has 0 heterocycles. The Bertz CT molecular complexity index is 524. The molecule has 0 saturated heterocycles. The van der Waals surface area contributed by atoms with Crippen molar-refractivity contribution in [1.82, 2.24) is 4.72 Å². The van der Waals surface area contributed by atoms with Gasteiger partial charge in [0.25, 0.3) is 5.91 Å². The number of nitrogens with one attached hydrogen (secondary N) is 1. The molecule has 24 heavy (non-hydrogen) atoms. The second kappa shape index (κ2) is 11.4. The summed E-state index contributed by atoms with van der Waals surface area (Å²) in [5.74, 6) is 0.974. The van der Waals surface area contributed by atoms with Crippen molar-refractivity contribution in [1.29, 1.82) is 0 Å². The molecule has 1 aromatic carbocycles. The average Bonchev–Trinajstić information content (AvgIpc) is 3.07. The fourth-order valence-corrected chi connectivity index (χ4v) is 3.98. The molecule has 0 radical (unpaired) electrons. The van der Waals surface area contributed by atoms with E-state index < -0.39 is 0 Å². The molecule has 1 amide bonds. The molecule has 3 heteroatoms. The van der Waals surface area contributed by atoms with E-state index in [4.69, 9.17) is 0 Å². The lowest BCUT2D eigenvalue weighted by Gasteiger charge is -2.09. The summed E-state index contributed by atoms with van der Waals surface area (Å²) in [6.07, 6.45) is 12.3. The van der Waals surface area contributed by atoms with E-state index in [1.807, 2.05) is 18.2 Å². The van der Waals surface area contributed by atoms with E-state index in [0.29, 0.717) is 0 Å². The van der Waals surface area contributed by atoms with E-state index in [0.717, 1.165) is 37.0 Å². The molecule has 0 fully saturated rings. The van der Waals surface area contributed by atoms with Crippen molar-refractivity contribution in [2.75, 3.05) is 0 Å². The van der Waals surface area contributed by atoms with E-state index in [-0.39, 0.29) is 5.91 Å². The maximum atomic E-state index is 12.4. The molecule has 1 aliphatic rings. The van der Waals surface area contributed by atoms with Gasteiger partial charge in [0.15, 0.2) is 0 Å². The first kappa shape index (κ1) is 19.1. The third-order valence-electron chi connectivity index (χ3n) is 4.68. The van der Waals surface area contributed by atoms with E-state index in [1.54, 1.807) is 0 Å². The Morgan fingerprint density at radius 3 is 2.58 bits per heavy atom. The number of rotatable bonds is 11. The van der Waals surface area contributed by atoms with Crippen LogP contribution in [0.3, 0.4) is 0 Å². The monoisotopic (exact) mass is 345 g/mol. The van der Waals surface area contributed by atoms with Gasteiger partial charge in [-0.25, -0.2) is 0 Å². The fraction of sp³-hybridized carbons (Fsp3) is 0.571. The summed E-state index contributed by atoms with van der Waals surface area (Å²) >= 11 is 1.51. The molecule has 0 unspecified atom stereocenters. The second-order valence-electron chi connectivity index (χ2n) is 6.66. The molecule has 1 aromatic rings. The number of hydrogen-bond acceptors (Lipinski definition) is 2. The molecule has 1 aliphatic carbocycles. The predicted octanol–water partition coefficient (Wildman–Crippen LogP) is 6.18. The minimum atomic E-state index is 0.148. The largest absolute Gasteiger partial charge is 0.296 e. The van der Waals surface area contributed by atoms with Gasteiger partial charge in [0.2, 0.25) is 0 Å². The molecule has 0 bridgehead atoms. The van der Waals surface area contributed by atoms with E-state index in [1.165, 1.54) is 61.6 Å². The zero-order valence-corrected chi connectivity index (χ0v) is 15.8. The van der Waals surface area contributed by atoms with Crippen LogP contribution >= 0.6 is 11.9 Å². The molecular formula is C21H31NOS. The molecule has 0 saturated carbocycles. The number of unbranched alkanes of at least 4 members (excludes halogenated alkanes) is 5. The summed E-state index contributed by atoms with van der Waals surface area (Å²) in [6.45, 7) is 2.25. The van der Waals surface area contributed by atoms with Crippen molar-refractivity contribution in [3.63, 3.8) is 0 Å². The van der Waals surface area contributed by atoms with Crippen molar-refractivity contribution >= 4 is 17.9 Å². The molecule has 2 rings (SSSR count). The molecule has 0 atom stereocenters. The van der Waals surface area contributed by atoms with Gasteiger partial charge in [-0.05, 0) is 49.6 Å². The van der Waals surface area contributed by atoms with Gasteiger partial charge in [-0.3, -0.25) is 9.52 Å². The number of carbonyl (C=O) groups excluding carboxylic acids is 1. The summed E-state index contributed by atoms with van der Waals surface area (Å²) in [7, 11) is 0. The third-order valence-corrected chi connectivity index (χ3v) is 5.49. The highest BCUT2D eigenvalue weighted by atomic mass is 32.2. The van der Waals surface area contributed by atoms with Crippen LogP contribution in [0, 0.1) is 0 Å². The lowest BCUT2D eigenvalue weighted by Crippen LogP contribution is -2.18. The highest BCUT2D eigenvalue weighted by molar-refractivity contribution is 7.97. The molecule has 0 spiro atoms. The first-order chi connectivity index (χ1) is 11.8. The van der Waals surface area contributed by atoms with Gasteiger partial charge >= 0.3 is 0 Å². The Kier molecular flexibility index (Phi) is 9.04. The number of carbonyl (C=O) groups is 1. The van der Waals surface area contributed by atoms with Gasteiger partial charge in [0, 0.05) is 11.3 Å². The van der Waals surface area contributed by atoms with Crippen LogP contribution in [0.4, 0.5) is 0 Å². The van der Waals surface area contributed by atoms with Crippen LogP contribution in [-0.4, -0.2) is 5.91 Å². The van der Waals surface area contributed by atoms with Gasteiger partial charge in [-0.15, -0.1) is 0 Å². The zero-order chi connectivity index (χ0) is 17.0. The summed E-state index contributed by atoms with van der Waals surface area (Å²) in [4.78, 5) is 12.4. The summed E-state index contributed by atoms with van der Waals surface area (Å²) in [5.41, 5.74) is 3.74. The van der Waals surface area contributed by atoms with Gasteiger partial charge < -0.3 is 0 Å². The van der Waals surface area contributed by atoms with Gasteiger partial charge in [0.05, 0.1) is 0 Å². The van der Waals surface area contributed by atoms with Gasteiger partial charge in [-0.2, -0.15) is 0 Å². The summed E-state index contributed by atoms with van der Waals surface area (Å²) < 4.78 is 3.04. The quantitative estimate of drug-likeness (QED) is 0.383. The van der Waals surface area contributed by atoms with Crippen LogP contribution in [0.25, 0.3) is 0 Å². The molecule has 2 nitrogen and oxygen atoms in total. The van der Waals surface area contributed by atoms with E-state index in [9.17, 15) is 4.79 Å². The van der Waals surface area contributed by atoms with E-state index in [2.05, 4.69) is 23.8 Å². The molecule has 0 aliphatic heterocycles. The Labute approximate surface area is 151 Å². The second-order valence-corrected chi connectivity index (χ2v) is 7.44. The lowest BCUT2D eigenvalue weighted by atomic mass is 10.0. The highest BCUT2D eigenvalue weighted by Crippen LogP contribution is 2.30. The maximum Gasteiger partial charge on any atom is 0.256 e. The van der Waals surface area contributed by atoms with Crippen molar-refractivity contribution in [2.45, 2.75) is 76.9 Å². The Morgan fingerprint density at radius 2 is 1.79 bits per heavy atom. The first-order valence-corrected chi connectivity index (χ1v) is 10.5. The van der Waals surface area contributed by atoms with Crippen molar-refractivity contribution < 1.29 is 4.79 Å². The lowest BCUT2D eigenvalue weighted by molar-refractivity contribution is -0.115. The van der Waals surface area contributed by atoms with Gasteiger partial charge in [0.1, 0.15) is 0 Å². The zero-order valence-electron chi connectivity index (χ0n) is 15.0. The average molecular weight is 346 g/mol. The predicted molar refractivity (Wildman–Crippen MR) is 105 cm³/mol. The van der Waals surface area contributed by atoms with Crippen LogP contribution in [0.15, 0.2) is 41.5 Å². The summed E-state index contributed by atoms with van der Waals surface area (Å²) in [5, 5.41) is 0. The number of allylic oxidation sites excluding steroid dienone is 1. The minimum absolute atomic E-state index is 0.148. The molecular weight excluding hydrogens is 314 g/mol. The molecule has 1 N–H and O–H groups in total. The normalized spacial score (nSPS) is 14.2. The van der Waals surface area contributed by atoms with Crippen molar-refractivity contribution in [3.05, 3.63) is 47.0 Å². The van der Waals surface area contributed by atoms with Crippen LogP contribution in [-0.2, 0) is 10.5 Å². The molecule has 0 aromatic heterocycles. The van der Waals surface area contributed by atoms with E-state index >= 15 is 0 Å². The smallest absolute Gasteiger partial charge is 0.256 e. The first-order valence-electron chi connectivity index (χ1n) is 9.48. The fourth-order valence-electron chi connectivity index (χ4n) is 3.30. The minimum Gasteiger partial charge on any atom is -0.296 e. The Balaban J connectivity index is 1.70. The SMILES string of the molecule is CCCCCCCCC1=C(C(=O)NSCc2ccccc2)CCC1. The maximum absolute atomic E-state index is 12.4. The number of amides is 1. The standard InChI is InChI=1S/C21H31NOS/c1-2-3-4-5-6-10-14-19-15-11-16-20(19)21(23)22-24-17-18-12-8-7-9-13-18/h7-9,12-13H,2-6,10-11,14-17H2,1H3,(H,22,23). The Hall–Kier alpha value is -1.22. The number of hydrogen-bond donors (Lipinski definition) is 1. The van der Waals surface area contributed by atoms with Crippen LogP contribution < -0.4 is 4.72 Å². The summed E-state index contributed by atoms with van der Waals surface area (Å²) in [6, 6.07) is 10.3. The van der Waals surface area contributed by atoms with Crippen LogP contribution in [0.1, 0.15) is 76.7 Å². The van der Waals surface area contributed by atoms with Gasteiger partial charge in [-0.1, -0.05) is 74.9 Å². The molecule has 132 valence electrons. The van der Waals surface area contributed by atoms with Crippen LogP contribution in [0.2, 0.25) is 0 Å². The third kappa shape index (κ3) is 6.72. The highest BCUT2D eigenvalue weighted by Gasteiger charge is 2.20. The Morgan fingerprint density at radius 1 is 1.04 bits per heavy atom. The topological polar surface area (TPSA) is 29.1 Å². The van der Waals surface area contributed by atoms with Crippen molar-refractivity contribution in [2.24, 2.45) is 0 Å². The van der Waals surface area contributed by atoms with Crippen molar-refractivity contribution in [3.8, 4) is 0 Å². The number of benzene rings is 1.